The van der Waals surface area contributed by atoms with E-state index in [1.807, 2.05) is 5.32 Å². The molecule has 18 heavy (non-hydrogen) atoms. The van der Waals surface area contributed by atoms with Crippen molar-refractivity contribution in [2.75, 3.05) is 6.54 Å². The van der Waals surface area contributed by atoms with E-state index in [4.69, 9.17) is 5.11 Å². The van der Waals surface area contributed by atoms with Crippen molar-refractivity contribution < 1.29 is 28.2 Å². The molecule has 0 aliphatic rings. The Morgan fingerprint density at radius 1 is 1.44 bits per heavy atom. The molecular weight excluding hydrogens is 319 g/mol. The van der Waals surface area contributed by atoms with Gasteiger partial charge < -0.3 is 15.5 Å². The number of aromatic hydroxyl groups is 1. The topological polar surface area (TPSA) is 69.6 Å². The first-order valence-electron chi connectivity index (χ1n) is 4.73. The summed E-state index contributed by atoms with van der Waals surface area (Å²) < 4.78 is 36.5. The normalized spacial score (nSPS) is 13.2. The lowest BCUT2D eigenvalue weighted by Crippen LogP contribution is -2.40. The van der Waals surface area contributed by atoms with E-state index < -0.39 is 24.7 Å². The smallest absolute Gasteiger partial charge is 0.416 e. The zero-order valence-corrected chi connectivity index (χ0v) is 10.4. The fraction of sp³-hybridized carbons (Fsp3) is 0.300. The van der Waals surface area contributed by atoms with Crippen LogP contribution < -0.4 is 5.32 Å². The molecule has 0 heterocycles. The molecular formula is C10H9BrF3NO3. The zero-order valence-electron chi connectivity index (χ0n) is 8.83. The van der Waals surface area contributed by atoms with Crippen molar-refractivity contribution in [3.8, 4) is 5.75 Å². The first-order chi connectivity index (χ1) is 8.21. The highest BCUT2D eigenvalue weighted by atomic mass is 79.9. The van der Waals surface area contributed by atoms with Crippen LogP contribution in [0, 0.1) is 0 Å². The third kappa shape index (κ3) is 3.88. The molecule has 0 aliphatic carbocycles. The Balaban J connectivity index is 2.66. The zero-order chi connectivity index (χ0) is 13.9. The van der Waals surface area contributed by atoms with Gasteiger partial charge in [0, 0.05) is 4.47 Å². The number of hydrogen-bond donors (Lipinski definition) is 3. The molecule has 1 aromatic rings. The Labute approximate surface area is 109 Å². The Kier molecular flexibility index (Phi) is 4.58. The number of halogens is 4. The molecule has 0 spiro atoms. The summed E-state index contributed by atoms with van der Waals surface area (Å²) in [4.78, 5) is 11.4. The molecule has 1 rings (SSSR count). The number of carbonyl (C=O) groups is 1. The highest BCUT2D eigenvalue weighted by Gasteiger charge is 2.38. The quantitative estimate of drug-likeness (QED) is 0.793. The van der Waals surface area contributed by atoms with Gasteiger partial charge in [-0.1, -0.05) is 15.9 Å². The molecule has 0 aliphatic heterocycles. The van der Waals surface area contributed by atoms with E-state index in [0.717, 1.165) is 0 Å². The van der Waals surface area contributed by atoms with E-state index in [1.54, 1.807) is 0 Å². The first-order valence-corrected chi connectivity index (χ1v) is 5.52. The van der Waals surface area contributed by atoms with Gasteiger partial charge in [-0.3, -0.25) is 4.79 Å². The van der Waals surface area contributed by atoms with Gasteiger partial charge in [0.05, 0.1) is 12.1 Å². The molecule has 1 amide bonds. The number of alkyl halides is 3. The molecule has 3 N–H and O–H groups in total. The number of amides is 1. The lowest BCUT2D eigenvalue weighted by atomic mass is 10.2. The van der Waals surface area contributed by atoms with E-state index >= 15 is 0 Å². The van der Waals surface area contributed by atoms with Crippen LogP contribution in [0.25, 0.3) is 0 Å². The molecule has 1 unspecified atom stereocenters. The van der Waals surface area contributed by atoms with Crippen molar-refractivity contribution in [1.82, 2.24) is 5.32 Å². The third-order valence-electron chi connectivity index (χ3n) is 2.04. The number of phenolic OH excluding ortho intramolecular Hbond substituents is 1. The molecule has 100 valence electrons. The van der Waals surface area contributed by atoms with Crippen molar-refractivity contribution in [3.63, 3.8) is 0 Å². The van der Waals surface area contributed by atoms with E-state index in [-0.39, 0.29) is 11.3 Å². The molecule has 1 atom stereocenters. The predicted molar refractivity (Wildman–Crippen MR) is 60.2 cm³/mol. The van der Waals surface area contributed by atoms with Gasteiger partial charge in [-0.2, -0.15) is 13.2 Å². The summed E-state index contributed by atoms with van der Waals surface area (Å²) in [5.74, 6) is -1.27. The molecule has 0 fully saturated rings. The summed E-state index contributed by atoms with van der Waals surface area (Å²) in [5.41, 5.74) is -0.174. The standard InChI is InChI=1S/C10H9BrF3NO3/c11-5-1-2-6(7(16)3-5)9(18)15-4-8(17)10(12,13)14/h1-3,8,16-17H,4H2,(H,15,18). The molecule has 0 aromatic heterocycles. The Morgan fingerprint density at radius 3 is 2.56 bits per heavy atom. The van der Waals surface area contributed by atoms with Crippen LogP contribution in [0.5, 0.6) is 5.75 Å². The van der Waals surface area contributed by atoms with E-state index in [9.17, 15) is 23.1 Å². The van der Waals surface area contributed by atoms with Crippen LogP contribution in [0.2, 0.25) is 0 Å². The fourth-order valence-corrected chi connectivity index (χ4v) is 1.45. The second-order valence-electron chi connectivity index (χ2n) is 3.43. The number of phenols is 1. The van der Waals surface area contributed by atoms with Crippen LogP contribution in [-0.2, 0) is 0 Å². The van der Waals surface area contributed by atoms with Crippen molar-refractivity contribution in [2.45, 2.75) is 12.3 Å². The Morgan fingerprint density at radius 2 is 2.06 bits per heavy atom. The minimum atomic E-state index is -4.80. The van der Waals surface area contributed by atoms with Crippen molar-refractivity contribution in [3.05, 3.63) is 28.2 Å². The van der Waals surface area contributed by atoms with Crippen molar-refractivity contribution in [2.24, 2.45) is 0 Å². The molecule has 0 bridgehead atoms. The summed E-state index contributed by atoms with van der Waals surface area (Å²) in [6, 6.07) is 3.93. The van der Waals surface area contributed by atoms with Crippen LogP contribution in [0.1, 0.15) is 10.4 Å². The minimum Gasteiger partial charge on any atom is -0.507 e. The molecule has 1 aromatic carbocycles. The average molecular weight is 328 g/mol. The number of aliphatic hydroxyl groups is 1. The molecule has 8 heteroatoms. The summed E-state index contributed by atoms with van der Waals surface area (Å²) in [6.07, 6.45) is -7.44. The summed E-state index contributed by atoms with van der Waals surface area (Å²) in [5, 5.41) is 20.0. The number of aliphatic hydroxyl groups excluding tert-OH is 1. The van der Waals surface area contributed by atoms with Crippen LogP contribution in [0.3, 0.4) is 0 Å². The Bertz CT molecular complexity index is 450. The maximum absolute atomic E-state index is 12.0. The number of hydrogen-bond acceptors (Lipinski definition) is 3. The maximum Gasteiger partial charge on any atom is 0.416 e. The number of rotatable bonds is 3. The van der Waals surface area contributed by atoms with Crippen LogP contribution in [0.4, 0.5) is 13.2 Å². The van der Waals surface area contributed by atoms with Crippen LogP contribution in [-0.4, -0.2) is 34.9 Å². The van der Waals surface area contributed by atoms with Gasteiger partial charge in [-0.25, -0.2) is 0 Å². The van der Waals surface area contributed by atoms with Gasteiger partial charge in [-0.05, 0) is 18.2 Å². The summed E-state index contributed by atoms with van der Waals surface area (Å²) in [7, 11) is 0. The molecule has 0 saturated heterocycles. The van der Waals surface area contributed by atoms with Crippen molar-refractivity contribution in [1.29, 1.82) is 0 Å². The van der Waals surface area contributed by atoms with Crippen LogP contribution in [0.15, 0.2) is 22.7 Å². The van der Waals surface area contributed by atoms with Gasteiger partial charge in [-0.15, -0.1) is 0 Å². The predicted octanol–water partition coefficient (Wildman–Crippen LogP) is 1.81. The summed E-state index contributed by atoms with van der Waals surface area (Å²) in [6.45, 7) is -0.974. The molecule has 0 radical (unpaired) electrons. The van der Waals surface area contributed by atoms with Crippen molar-refractivity contribution >= 4 is 21.8 Å². The lowest BCUT2D eigenvalue weighted by molar-refractivity contribution is -0.201. The number of benzene rings is 1. The van der Waals surface area contributed by atoms with Crippen LogP contribution >= 0.6 is 15.9 Å². The Hall–Kier alpha value is -1.28. The minimum absolute atomic E-state index is 0.174. The van der Waals surface area contributed by atoms with E-state index in [2.05, 4.69) is 15.9 Å². The molecule has 0 saturated carbocycles. The molecule has 4 nitrogen and oxygen atoms in total. The van der Waals surface area contributed by atoms with Gasteiger partial charge in [0.25, 0.3) is 5.91 Å². The highest BCUT2D eigenvalue weighted by molar-refractivity contribution is 9.10. The largest absolute Gasteiger partial charge is 0.507 e. The van der Waals surface area contributed by atoms with E-state index in [0.29, 0.717) is 4.47 Å². The fourth-order valence-electron chi connectivity index (χ4n) is 1.10. The van der Waals surface area contributed by atoms with Gasteiger partial charge in [0.1, 0.15) is 5.75 Å². The van der Waals surface area contributed by atoms with Gasteiger partial charge in [0.15, 0.2) is 6.10 Å². The maximum atomic E-state index is 12.0. The average Bonchev–Trinajstić information content (AvgIpc) is 2.24. The summed E-state index contributed by atoms with van der Waals surface area (Å²) >= 11 is 3.05. The number of nitrogens with one attached hydrogen (secondary N) is 1. The second kappa shape index (κ2) is 5.57. The second-order valence-corrected chi connectivity index (χ2v) is 4.34. The monoisotopic (exact) mass is 327 g/mol. The first kappa shape index (κ1) is 14.8. The van der Waals surface area contributed by atoms with E-state index in [1.165, 1.54) is 18.2 Å². The SMILES string of the molecule is O=C(NCC(O)C(F)(F)F)c1ccc(Br)cc1O. The third-order valence-corrected chi connectivity index (χ3v) is 2.53. The van der Waals surface area contributed by atoms with Gasteiger partial charge >= 0.3 is 6.18 Å². The highest BCUT2D eigenvalue weighted by Crippen LogP contribution is 2.23. The number of carbonyl (C=O) groups excluding carboxylic acids is 1. The van der Waals surface area contributed by atoms with Gasteiger partial charge in [0.2, 0.25) is 0 Å². The lowest BCUT2D eigenvalue weighted by Gasteiger charge is -2.15.